The van der Waals surface area contributed by atoms with Gasteiger partial charge in [0.15, 0.2) is 0 Å². The zero-order valence-corrected chi connectivity index (χ0v) is 15.9. The van der Waals surface area contributed by atoms with Gasteiger partial charge in [-0.2, -0.15) is 0 Å². The molecule has 4 heteroatoms. The number of hydrogen-bond acceptors (Lipinski definition) is 3. The van der Waals surface area contributed by atoms with Gasteiger partial charge >= 0.3 is 0 Å². The number of hydrogen-bond donors (Lipinski definition) is 0. The highest BCUT2D eigenvalue weighted by molar-refractivity contribution is 5.52. The summed E-state index contributed by atoms with van der Waals surface area (Å²) in [5.41, 5.74) is 2.05. The Bertz CT molecular complexity index is 495. The Balaban J connectivity index is 2.85. The van der Waals surface area contributed by atoms with Gasteiger partial charge in [-0.25, -0.2) is 0 Å². The van der Waals surface area contributed by atoms with Crippen LogP contribution in [-0.4, -0.2) is 11.5 Å². The molecule has 0 spiro atoms. The molecule has 0 aliphatic heterocycles. The highest BCUT2D eigenvalue weighted by Crippen LogP contribution is 2.38. The minimum Gasteiger partial charge on any atom is -0.493 e. The number of unbranched alkanes of at least 4 members (excludes halogenated alkanes) is 5. The summed E-state index contributed by atoms with van der Waals surface area (Å²) in [6, 6.07) is 3.35. The van der Waals surface area contributed by atoms with Crippen LogP contribution in [0.1, 0.15) is 96.1 Å². The van der Waals surface area contributed by atoms with E-state index in [2.05, 4.69) is 34.6 Å². The van der Waals surface area contributed by atoms with Crippen molar-refractivity contribution < 1.29 is 9.66 Å². The van der Waals surface area contributed by atoms with E-state index in [1.165, 1.54) is 32.1 Å². The Kier molecular flexibility index (Phi) is 8.80. The van der Waals surface area contributed by atoms with Crippen LogP contribution in [0.15, 0.2) is 12.1 Å². The van der Waals surface area contributed by atoms with Gasteiger partial charge in [0.05, 0.1) is 11.5 Å². The Morgan fingerprint density at radius 3 is 1.92 bits per heavy atom. The SMILES string of the molecule is CCCCCCCCOc1c(C(C)C)cc([N+](=O)[O-])cc1C(C)C. The fourth-order valence-corrected chi connectivity index (χ4v) is 2.84. The molecule has 0 heterocycles. The molecular formula is C20H33NO3. The van der Waals surface area contributed by atoms with Crippen molar-refractivity contribution in [3.05, 3.63) is 33.4 Å². The lowest BCUT2D eigenvalue weighted by Gasteiger charge is -2.20. The maximum atomic E-state index is 11.2. The zero-order chi connectivity index (χ0) is 18.1. The summed E-state index contributed by atoms with van der Waals surface area (Å²) in [4.78, 5) is 10.9. The van der Waals surface area contributed by atoms with E-state index in [9.17, 15) is 10.1 Å². The number of non-ortho nitro benzene ring substituents is 1. The van der Waals surface area contributed by atoms with Gasteiger partial charge in [-0.3, -0.25) is 10.1 Å². The summed E-state index contributed by atoms with van der Waals surface area (Å²) < 4.78 is 6.11. The van der Waals surface area contributed by atoms with Gasteiger partial charge in [0.1, 0.15) is 5.75 Å². The van der Waals surface area contributed by atoms with Gasteiger partial charge in [-0.05, 0) is 18.3 Å². The average Bonchev–Trinajstić information content (AvgIpc) is 2.53. The molecule has 4 nitrogen and oxygen atoms in total. The Morgan fingerprint density at radius 2 is 1.46 bits per heavy atom. The van der Waals surface area contributed by atoms with Crippen LogP contribution in [0.2, 0.25) is 0 Å². The highest BCUT2D eigenvalue weighted by atomic mass is 16.6. The minimum atomic E-state index is -0.310. The molecule has 0 aromatic heterocycles. The van der Waals surface area contributed by atoms with Crippen LogP contribution in [0.4, 0.5) is 5.69 Å². The average molecular weight is 335 g/mol. The lowest BCUT2D eigenvalue weighted by atomic mass is 9.93. The summed E-state index contributed by atoms with van der Waals surface area (Å²) in [6.07, 6.45) is 7.33. The smallest absolute Gasteiger partial charge is 0.270 e. The third-order valence-electron chi connectivity index (χ3n) is 4.33. The van der Waals surface area contributed by atoms with Crippen molar-refractivity contribution in [2.45, 2.75) is 85.0 Å². The largest absolute Gasteiger partial charge is 0.493 e. The molecule has 0 fully saturated rings. The summed E-state index contributed by atoms with van der Waals surface area (Å²) in [6.45, 7) is 11.1. The summed E-state index contributed by atoms with van der Waals surface area (Å²) >= 11 is 0. The van der Waals surface area contributed by atoms with Crippen LogP contribution < -0.4 is 4.74 Å². The normalized spacial score (nSPS) is 11.3. The van der Waals surface area contributed by atoms with E-state index in [0.717, 1.165) is 23.3 Å². The van der Waals surface area contributed by atoms with Gasteiger partial charge in [-0.1, -0.05) is 66.7 Å². The Labute approximate surface area is 146 Å². The maximum absolute atomic E-state index is 11.2. The monoisotopic (exact) mass is 335 g/mol. The fraction of sp³-hybridized carbons (Fsp3) is 0.700. The predicted molar refractivity (Wildman–Crippen MR) is 100 cm³/mol. The number of rotatable bonds is 11. The first kappa shape index (κ1) is 20.5. The van der Waals surface area contributed by atoms with Crippen molar-refractivity contribution in [1.29, 1.82) is 0 Å². The molecule has 24 heavy (non-hydrogen) atoms. The van der Waals surface area contributed by atoms with Crippen LogP contribution in [0, 0.1) is 10.1 Å². The maximum Gasteiger partial charge on any atom is 0.270 e. The first-order valence-electron chi connectivity index (χ1n) is 9.33. The van der Waals surface area contributed by atoms with E-state index >= 15 is 0 Å². The second-order valence-electron chi connectivity index (χ2n) is 7.14. The van der Waals surface area contributed by atoms with Crippen molar-refractivity contribution in [2.24, 2.45) is 0 Å². The van der Waals surface area contributed by atoms with Crippen molar-refractivity contribution in [3.63, 3.8) is 0 Å². The first-order chi connectivity index (χ1) is 11.4. The summed E-state index contributed by atoms with van der Waals surface area (Å²) in [7, 11) is 0. The molecule has 0 bridgehead atoms. The van der Waals surface area contributed by atoms with Crippen molar-refractivity contribution in [3.8, 4) is 5.75 Å². The van der Waals surface area contributed by atoms with Crippen LogP contribution in [0.5, 0.6) is 5.75 Å². The molecule has 0 saturated heterocycles. The molecule has 0 aliphatic carbocycles. The van der Waals surface area contributed by atoms with Crippen molar-refractivity contribution in [1.82, 2.24) is 0 Å². The molecule has 0 amide bonds. The molecule has 136 valence electrons. The molecule has 1 rings (SSSR count). The summed E-state index contributed by atoms with van der Waals surface area (Å²) in [5, 5.41) is 11.2. The Hall–Kier alpha value is -1.58. The molecule has 1 aromatic carbocycles. The Morgan fingerprint density at radius 1 is 0.958 bits per heavy atom. The molecular weight excluding hydrogens is 302 g/mol. The van der Waals surface area contributed by atoms with Crippen LogP contribution in [0.3, 0.4) is 0 Å². The van der Waals surface area contributed by atoms with E-state index in [1.807, 2.05) is 0 Å². The van der Waals surface area contributed by atoms with Gasteiger partial charge in [0.2, 0.25) is 0 Å². The zero-order valence-electron chi connectivity index (χ0n) is 15.9. The fourth-order valence-electron chi connectivity index (χ4n) is 2.84. The second-order valence-corrected chi connectivity index (χ2v) is 7.14. The third kappa shape index (κ3) is 6.14. The molecule has 0 atom stereocenters. The van der Waals surface area contributed by atoms with Gasteiger partial charge in [-0.15, -0.1) is 0 Å². The number of nitro benzene ring substituents is 1. The first-order valence-corrected chi connectivity index (χ1v) is 9.33. The molecule has 0 saturated carbocycles. The molecule has 0 N–H and O–H groups in total. The second kappa shape index (κ2) is 10.3. The van der Waals surface area contributed by atoms with E-state index in [4.69, 9.17) is 4.74 Å². The number of nitro groups is 1. The molecule has 0 aliphatic rings. The minimum absolute atomic E-state index is 0.161. The number of ether oxygens (including phenoxy) is 1. The highest BCUT2D eigenvalue weighted by Gasteiger charge is 2.21. The van der Waals surface area contributed by atoms with E-state index in [1.54, 1.807) is 12.1 Å². The third-order valence-corrected chi connectivity index (χ3v) is 4.33. The summed E-state index contributed by atoms with van der Waals surface area (Å²) in [5.74, 6) is 1.25. The topological polar surface area (TPSA) is 52.4 Å². The van der Waals surface area contributed by atoms with Crippen LogP contribution >= 0.6 is 0 Å². The van der Waals surface area contributed by atoms with Crippen molar-refractivity contribution in [2.75, 3.05) is 6.61 Å². The van der Waals surface area contributed by atoms with E-state index in [0.29, 0.717) is 6.61 Å². The standard InChI is InChI=1S/C20H33NO3/c1-6-7-8-9-10-11-12-24-20-18(15(2)3)13-17(21(22)23)14-19(20)16(4)5/h13-16H,6-12H2,1-5H3. The van der Waals surface area contributed by atoms with Gasteiger partial charge in [0.25, 0.3) is 5.69 Å². The van der Waals surface area contributed by atoms with Crippen LogP contribution in [0.25, 0.3) is 0 Å². The van der Waals surface area contributed by atoms with Gasteiger partial charge < -0.3 is 4.74 Å². The molecule has 0 unspecified atom stereocenters. The number of nitrogens with zero attached hydrogens (tertiary/aromatic N) is 1. The van der Waals surface area contributed by atoms with Gasteiger partial charge in [0, 0.05) is 23.3 Å². The van der Waals surface area contributed by atoms with Crippen molar-refractivity contribution >= 4 is 5.69 Å². The predicted octanol–water partition coefficient (Wildman–Crippen LogP) is 6.58. The van der Waals surface area contributed by atoms with E-state index < -0.39 is 0 Å². The quantitative estimate of drug-likeness (QED) is 0.261. The lowest BCUT2D eigenvalue weighted by molar-refractivity contribution is -0.385. The lowest BCUT2D eigenvalue weighted by Crippen LogP contribution is -2.07. The number of benzene rings is 1. The van der Waals surface area contributed by atoms with E-state index in [-0.39, 0.29) is 22.4 Å². The molecule has 0 radical (unpaired) electrons. The van der Waals surface area contributed by atoms with Crippen LogP contribution in [-0.2, 0) is 0 Å². The molecule has 1 aromatic rings.